The minimum atomic E-state index is -0.210. The van der Waals surface area contributed by atoms with E-state index in [0.29, 0.717) is 17.2 Å². The predicted octanol–water partition coefficient (Wildman–Crippen LogP) is 4.27. The highest BCUT2D eigenvalue weighted by Gasteiger charge is 2.08. The van der Waals surface area contributed by atoms with Gasteiger partial charge in [-0.1, -0.05) is 24.3 Å². The van der Waals surface area contributed by atoms with Gasteiger partial charge in [-0.25, -0.2) is 4.39 Å². The summed E-state index contributed by atoms with van der Waals surface area (Å²) < 4.78 is 13.6. The van der Waals surface area contributed by atoms with E-state index < -0.39 is 0 Å². The SMILES string of the molecule is Cc1ccc(NC(=S)N(C)Cc2ccccc2F)cc1C. The number of halogens is 1. The predicted molar refractivity (Wildman–Crippen MR) is 90.0 cm³/mol. The third kappa shape index (κ3) is 4.02. The smallest absolute Gasteiger partial charge is 0.173 e. The molecule has 0 aliphatic heterocycles. The van der Waals surface area contributed by atoms with Crippen LogP contribution in [0.15, 0.2) is 42.5 Å². The molecule has 110 valence electrons. The minimum absolute atomic E-state index is 0.210. The van der Waals surface area contributed by atoms with E-state index >= 15 is 0 Å². The molecule has 2 nitrogen and oxygen atoms in total. The van der Waals surface area contributed by atoms with Crippen LogP contribution in [0.2, 0.25) is 0 Å². The average molecular weight is 302 g/mol. The first-order valence-electron chi connectivity index (χ1n) is 6.80. The Kier molecular flexibility index (Phi) is 4.91. The molecule has 0 saturated carbocycles. The molecule has 0 radical (unpaired) electrons. The fourth-order valence-electron chi connectivity index (χ4n) is 1.99. The third-order valence-corrected chi connectivity index (χ3v) is 3.88. The lowest BCUT2D eigenvalue weighted by molar-refractivity contribution is 0.486. The average Bonchev–Trinajstić information content (AvgIpc) is 2.45. The summed E-state index contributed by atoms with van der Waals surface area (Å²) in [7, 11) is 1.85. The van der Waals surface area contributed by atoms with Crippen molar-refractivity contribution >= 4 is 23.0 Å². The van der Waals surface area contributed by atoms with Crippen LogP contribution in [0.4, 0.5) is 10.1 Å². The maximum Gasteiger partial charge on any atom is 0.173 e. The first-order valence-corrected chi connectivity index (χ1v) is 7.21. The fraction of sp³-hybridized carbons (Fsp3) is 0.235. The molecule has 0 aliphatic carbocycles. The van der Waals surface area contributed by atoms with Crippen LogP contribution in [0, 0.1) is 19.7 Å². The summed E-state index contributed by atoms with van der Waals surface area (Å²) in [6, 6.07) is 12.8. The van der Waals surface area contributed by atoms with Crippen LogP contribution < -0.4 is 5.32 Å². The van der Waals surface area contributed by atoms with Crippen LogP contribution in [-0.2, 0) is 6.54 Å². The maximum absolute atomic E-state index is 13.6. The molecule has 0 bridgehead atoms. The molecule has 0 unspecified atom stereocenters. The number of aryl methyl sites for hydroxylation is 2. The summed E-state index contributed by atoms with van der Waals surface area (Å²) >= 11 is 5.37. The molecule has 2 rings (SSSR count). The van der Waals surface area contributed by atoms with E-state index in [-0.39, 0.29) is 5.82 Å². The topological polar surface area (TPSA) is 15.3 Å². The van der Waals surface area contributed by atoms with Crippen LogP contribution in [0.3, 0.4) is 0 Å². The zero-order valence-electron chi connectivity index (χ0n) is 12.5. The zero-order chi connectivity index (χ0) is 15.4. The van der Waals surface area contributed by atoms with Crippen molar-refractivity contribution in [2.45, 2.75) is 20.4 Å². The van der Waals surface area contributed by atoms with Crippen molar-refractivity contribution in [3.63, 3.8) is 0 Å². The number of nitrogens with one attached hydrogen (secondary N) is 1. The molecule has 0 aromatic heterocycles. The van der Waals surface area contributed by atoms with Gasteiger partial charge in [0.2, 0.25) is 0 Å². The highest BCUT2D eigenvalue weighted by molar-refractivity contribution is 7.80. The van der Waals surface area contributed by atoms with E-state index in [1.807, 2.05) is 24.1 Å². The number of nitrogens with zero attached hydrogens (tertiary/aromatic N) is 1. The Balaban J connectivity index is 2.02. The van der Waals surface area contributed by atoms with Gasteiger partial charge in [0, 0.05) is 24.8 Å². The second kappa shape index (κ2) is 6.68. The van der Waals surface area contributed by atoms with E-state index in [1.54, 1.807) is 12.1 Å². The molecule has 0 spiro atoms. The number of hydrogen-bond acceptors (Lipinski definition) is 1. The van der Waals surface area contributed by atoms with Gasteiger partial charge in [0.1, 0.15) is 5.82 Å². The number of hydrogen-bond donors (Lipinski definition) is 1. The van der Waals surface area contributed by atoms with Crippen molar-refractivity contribution in [1.29, 1.82) is 0 Å². The second-order valence-corrected chi connectivity index (χ2v) is 5.56. The summed E-state index contributed by atoms with van der Waals surface area (Å²) in [5.41, 5.74) is 4.03. The minimum Gasteiger partial charge on any atom is -0.348 e. The first-order chi connectivity index (χ1) is 9.97. The lowest BCUT2D eigenvalue weighted by Gasteiger charge is -2.21. The summed E-state index contributed by atoms with van der Waals surface area (Å²) in [6.45, 7) is 4.57. The summed E-state index contributed by atoms with van der Waals surface area (Å²) in [6.07, 6.45) is 0. The molecule has 2 aromatic rings. The van der Waals surface area contributed by atoms with E-state index in [2.05, 4.69) is 31.3 Å². The van der Waals surface area contributed by atoms with Crippen LogP contribution in [0.25, 0.3) is 0 Å². The van der Waals surface area contributed by atoms with Crippen molar-refractivity contribution < 1.29 is 4.39 Å². The maximum atomic E-state index is 13.6. The molecule has 2 aromatic carbocycles. The van der Waals surface area contributed by atoms with E-state index in [4.69, 9.17) is 12.2 Å². The zero-order valence-corrected chi connectivity index (χ0v) is 13.3. The van der Waals surface area contributed by atoms with Crippen LogP contribution in [0.5, 0.6) is 0 Å². The van der Waals surface area contributed by atoms with Crippen molar-refractivity contribution in [1.82, 2.24) is 4.90 Å². The number of thiocarbonyl (C=S) groups is 1. The van der Waals surface area contributed by atoms with Gasteiger partial charge in [-0.15, -0.1) is 0 Å². The highest BCUT2D eigenvalue weighted by atomic mass is 32.1. The van der Waals surface area contributed by atoms with E-state index in [9.17, 15) is 4.39 Å². The third-order valence-electron chi connectivity index (χ3n) is 3.47. The number of benzene rings is 2. The molecule has 0 saturated heterocycles. The Morgan fingerprint density at radius 1 is 1.14 bits per heavy atom. The van der Waals surface area contributed by atoms with Crippen LogP contribution >= 0.6 is 12.2 Å². The molecule has 4 heteroatoms. The lowest BCUT2D eigenvalue weighted by atomic mass is 10.1. The molecule has 0 heterocycles. The van der Waals surface area contributed by atoms with Crippen molar-refractivity contribution in [2.75, 3.05) is 12.4 Å². The summed E-state index contributed by atoms with van der Waals surface area (Å²) in [5.74, 6) is -0.210. The van der Waals surface area contributed by atoms with Gasteiger partial charge >= 0.3 is 0 Å². The first kappa shape index (κ1) is 15.4. The molecule has 0 atom stereocenters. The Labute approximate surface area is 130 Å². The molecule has 0 amide bonds. The summed E-state index contributed by atoms with van der Waals surface area (Å²) in [5, 5.41) is 3.76. The Morgan fingerprint density at radius 3 is 2.52 bits per heavy atom. The highest BCUT2D eigenvalue weighted by Crippen LogP contribution is 2.15. The molecule has 21 heavy (non-hydrogen) atoms. The monoisotopic (exact) mass is 302 g/mol. The quantitative estimate of drug-likeness (QED) is 0.852. The molecular formula is C17H19FN2S. The van der Waals surface area contributed by atoms with Gasteiger partial charge in [0.05, 0.1) is 0 Å². The Hall–Kier alpha value is -1.94. The van der Waals surface area contributed by atoms with Gasteiger partial charge in [-0.2, -0.15) is 0 Å². The molecule has 0 fully saturated rings. The van der Waals surface area contributed by atoms with Crippen molar-refractivity contribution in [3.8, 4) is 0 Å². The van der Waals surface area contributed by atoms with Crippen LogP contribution in [0.1, 0.15) is 16.7 Å². The van der Waals surface area contributed by atoms with Gasteiger partial charge in [0.15, 0.2) is 5.11 Å². The fourth-order valence-corrected chi connectivity index (χ4v) is 2.17. The van der Waals surface area contributed by atoms with E-state index in [0.717, 1.165) is 5.69 Å². The van der Waals surface area contributed by atoms with Crippen LogP contribution in [-0.4, -0.2) is 17.1 Å². The Morgan fingerprint density at radius 2 is 1.86 bits per heavy atom. The van der Waals surface area contributed by atoms with Crippen molar-refractivity contribution in [3.05, 3.63) is 65.0 Å². The van der Waals surface area contributed by atoms with E-state index in [1.165, 1.54) is 17.2 Å². The lowest BCUT2D eigenvalue weighted by Crippen LogP contribution is -2.30. The van der Waals surface area contributed by atoms with Gasteiger partial charge in [-0.05, 0) is 55.4 Å². The van der Waals surface area contributed by atoms with Crippen molar-refractivity contribution in [2.24, 2.45) is 0 Å². The standard InChI is InChI=1S/C17H19FN2S/c1-12-8-9-15(10-13(12)2)19-17(21)20(3)11-14-6-4-5-7-16(14)18/h4-10H,11H2,1-3H3,(H,19,21). The normalized spacial score (nSPS) is 10.3. The molecule has 0 aliphatic rings. The largest absolute Gasteiger partial charge is 0.348 e. The second-order valence-electron chi connectivity index (χ2n) is 5.18. The van der Waals surface area contributed by atoms with Gasteiger partial charge in [-0.3, -0.25) is 0 Å². The summed E-state index contributed by atoms with van der Waals surface area (Å²) in [4.78, 5) is 1.82. The number of anilines is 1. The van der Waals surface area contributed by atoms with Gasteiger partial charge < -0.3 is 10.2 Å². The van der Waals surface area contributed by atoms with Gasteiger partial charge in [0.25, 0.3) is 0 Å². The Bertz CT molecular complexity index is 655. The number of rotatable bonds is 3. The molecule has 1 N–H and O–H groups in total. The molecular weight excluding hydrogens is 283 g/mol.